The van der Waals surface area contributed by atoms with E-state index in [1.807, 2.05) is 13.0 Å². The number of hydrogen-bond acceptors (Lipinski definition) is 4. The van der Waals surface area contributed by atoms with Gasteiger partial charge in [0.15, 0.2) is 0 Å². The van der Waals surface area contributed by atoms with E-state index in [1.54, 1.807) is 19.1 Å². The summed E-state index contributed by atoms with van der Waals surface area (Å²) in [7, 11) is 0. The van der Waals surface area contributed by atoms with Crippen LogP contribution in [0.1, 0.15) is 31.7 Å². The van der Waals surface area contributed by atoms with E-state index in [4.69, 9.17) is 5.73 Å². The molecule has 134 valence electrons. The predicted octanol–water partition coefficient (Wildman–Crippen LogP) is 2.13. The Balaban J connectivity index is 0.00000288. The van der Waals surface area contributed by atoms with Crippen molar-refractivity contribution in [2.45, 2.75) is 39.2 Å². The molecule has 7 heteroatoms. The lowest BCUT2D eigenvalue weighted by atomic mass is 10.1. The van der Waals surface area contributed by atoms with Gasteiger partial charge in [0, 0.05) is 11.4 Å². The number of carbonyl (C=O) groups excluding carboxylic acids is 2. The molecule has 1 aliphatic rings. The third-order valence-electron chi connectivity index (χ3n) is 4.01. The van der Waals surface area contributed by atoms with Crippen LogP contribution in [0.25, 0.3) is 0 Å². The van der Waals surface area contributed by atoms with E-state index in [0.717, 1.165) is 37.2 Å². The van der Waals surface area contributed by atoms with Crippen LogP contribution in [0.2, 0.25) is 0 Å². The van der Waals surface area contributed by atoms with Gasteiger partial charge < -0.3 is 16.4 Å². The van der Waals surface area contributed by atoms with E-state index in [2.05, 4.69) is 15.5 Å². The molecule has 0 bridgehead atoms. The van der Waals surface area contributed by atoms with Gasteiger partial charge in [-0.3, -0.25) is 14.5 Å². The zero-order valence-electron chi connectivity index (χ0n) is 14.3. The van der Waals surface area contributed by atoms with Crippen molar-refractivity contribution < 1.29 is 9.59 Å². The smallest absolute Gasteiger partial charge is 0.240 e. The molecule has 1 aromatic carbocycles. The maximum absolute atomic E-state index is 12.2. The first-order valence-electron chi connectivity index (χ1n) is 8.15. The molecular weight excluding hydrogens is 328 g/mol. The van der Waals surface area contributed by atoms with Crippen molar-refractivity contribution in [3.05, 3.63) is 23.8 Å². The molecule has 0 aliphatic carbocycles. The van der Waals surface area contributed by atoms with Gasteiger partial charge in [-0.15, -0.1) is 12.4 Å². The van der Waals surface area contributed by atoms with Crippen molar-refractivity contribution in [2.75, 3.05) is 30.3 Å². The monoisotopic (exact) mass is 354 g/mol. The lowest BCUT2D eigenvalue weighted by Gasteiger charge is -2.25. The third-order valence-corrected chi connectivity index (χ3v) is 4.01. The fourth-order valence-electron chi connectivity index (χ4n) is 2.60. The second-order valence-corrected chi connectivity index (χ2v) is 6.19. The summed E-state index contributed by atoms with van der Waals surface area (Å²) >= 11 is 0. The van der Waals surface area contributed by atoms with E-state index in [0.29, 0.717) is 12.2 Å². The Hall–Kier alpha value is -1.63. The minimum atomic E-state index is -0.576. The molecule has 0 saturated carbocycles. The summed E-state index contributed by atoms with van der Waals surface area (Å²) in [5.74, 6) is -0.273. The molecule has 2 rings (SSSR count). The fourth-order valence-corrected chi connectivity index (χ4v) is 2.60. The number of halogens is 1. The van der Waals surface area contributed by atoms with E-state index in [-0.39, 0.29) is 24.2 Å². The van der Waals surface area contributed by atoms with Crippen molar-refractivity contribution in [3.63, 3.8) is 0 Å². The predicted molar refractivity (Wildman–Crippen MR) is 99.6 cm³/mol. The zero-order valence-corrected chi connectivity index (χ0v) is 15.1. The molecule has 0 aromatic heterocycles. The number of piperidine rings is 1. The number of rotatable bonds is 5. The lowest BCUT2D eigenvalue weighted by Crippen LogP contribution is -2.37. The highest BCUT2D eigenvalue weighted by molar-refractivity contribution is 5.97. The van der Waals surface area contributed by atoms with Crippen LogP contribution in [0.3, 0.4) is 0 Å². The zero-order chi connectivity index (χ0) is 16.8. The average Bonchev–Trinajstić information content (AvgIpc) is 2.51. The third kappa shape index (κ3) is 6.11. The van der Waals surface area contributed by atoms with Gasteiger partial charge in [-0.1, -0.05) is 12.5 Å². The summed E-state index contributed by atoms with van der Waals surface area (Å²) in [4.78, 5) is 26.1. The van der Waals surface area contributed by atoms with Crippen LogP contribution < -0.4 is 16.4 Å². The number of amides is 2. The number of nitrogens with two attached hydrogens (primary N) is 1. The SMILES string of the molecule is Cc1ccc(NC(=O)C(C)N)cc1NC(=O)CN1CCCCC1.Cl. The van der Waals surface area contributed by atoms with E-state index >= 15 is 0 Å². The van der Waals surface area contributed by atoms with E-state index in [1.165, 1.54) is 6.42 Å². The molecule has 24 heavy (non-hydrogen) atoms. The van der Waals surface area contributed by atoms with Gasteiger partial charge in [0.2, 0.25) is 11.8 Å². The maximum atomic E-state index is 12.2. The van der Waals surface area contributed by atoms with Crippen LogP contribution in [0.5, 0.6) is 0 Å². The molecule has 1 atom stereocenters. The molecule has 4 N–H and O–H groups in total. The number of nitrogens with one attached hydrogen (secondary N) is 2. The van der Waals surface area contributed by atoms with E-state index < -0.39 is 6.04 Å². The van der Waals surface area contributed by atoms with Crippen LogP contribution in [0, 0.1) is 6.92 Å². The molecule has 1 unspecified atom stereocenters. The van der Waals surface area contributed by atoms with Crippen molar-refractivity contribution in [3.8, 4) is 0 Å². The Morgan fingerprint density at radius 3 is 2.50 bits per heavy atom. The molecule has 6 nitrogen and oxygen atoms in total. The standard InChI is InChI=1S/C17H26N4O2.ClH/c1-12-6-7-14(19-17(23)13(2)18)10-15(12)20-16(22)11-21-8-4-3-5-9-21;/h6-7,10,13H,3-5,8-9,11,18H2,1-2H3,(H,19,23)(H,20,22);1H. The molecule has 1 fully saturated rings. The van der Waals surface area contributed by atoms with Gasteiger partial charge in [-0.05, 0) is 57.5 Å². The van der Waals surface area contributed by atoms with Gasteiger partial charge in [0.05, 0.1) is 12.6 Å². The minimum absolute atomic E-state index is 0. The average molecular weight is 355 g/mol. The van der Waals surface area contributed by atoms with Crippen LogP contribution in [-0.2, 0) is 9.59 Å². The Bertz CT molecular complexity index is 572. The Labute approximate surface area is 149 Å². The lowest BCUT2D eigenvalue weighted by molar-refractivity contribution is -0.118. The largest absolute Gasteiger partial charge is 0.325 e. The molecule has 0 spiro atoms. The summed E-state index contributed by atoms with van der Waals surface area (Å²) in [5, 5.41) is 5.68. The minimum Gasteiger partial charge on any atom is -0.325 e. The summed E-state index contributed by atoms with van der Waals surface area (Å²) in [6.07, 6.45) is 3.56. The second kappa shape index (κ2) is 9.61. The van der Waals surface area contributed by atoms with Crippen LogP contribution in [-0.4, -0.2) is 42.4 Å². The molecule has 1 aromatic rings. The summed E-state index contributed by atoms with van der Waals surface area (Å²) in [5.41, 5.74) is 7.85. The van der Waals surface area contributed by atoms with Gasteiger partial charge in [-0.2, -0.15) is 0 Å². The maximum Gasteiger partial charge on any atom is 0.240 e. The number of likely N-dealkylation sites (tertiary alicyclic amines) is 1. The highest BCUT2D eigenvalue weighted by atomic mass is 35.5. The highest BCUT2D eigenvalue weighted by Crippen LogP contribution is 2.20. The normalized spacial score (nSPS) is 16.0. The highest BCUT2D eigenvalue weighted by Gasteiger charge is 2.15. The van der Waals surface area contributed by atoms with Crippen LogP contribution in [0.4, 0.5) is 11.4 Å². The Kier molecular flexibility index (Phi) is 8.18. The first-order chi connectivity index (χ1) is 11.0. The number of hydrogen-bond donors (Lipinski definition) is 3. The number of carbonyl (C=O) groups is 2. The van der Waals surface area contributed by atoms with Crippen molar-refractivity contribution in [1.29, 1.82) is 0 Å². The fraction of sp³-hybridized carbons (Fsp3) is 0.529. The summed E-state index contributed by atoms with van der Waals surface area (Å²) in [6.45, 7) is 5.93. The second-order valence-electron chi connectivity index (χ2n) is 6.19. The van der Waals surface area contributed by atoms with Crippen molar-refractivity contribution in [1.82, 2.24) is 4.90 Å². The number of benzene rings is 1. The van der Waals surface area contributed by atoms with Crippen LogP contribution >= 0.6 is 12.4 Å². The summed E-state index contributed by atoms with van der Waals surface area (Å²) in [6, 6.07) is 4.86. The first-order valence-corrected chi connectivity index (χ1v) is 8.15. The molecule has 0 radical (unpaired) electrons. The first kappa shape index (κ1) is 20.4. The number of nitrogens with zero attached hydrogens (tertiary/aromatic N) is 1. The van der Waals surface area contributed by atoms with E-state index in [9.17, 15) is 9.59 Å². The van der Waals surface area contributed by atoms with Crippen molar-refractivity contribution in [2.24, 2.45) is 5.73 Å². The molecular formula is C17H27ClN4O2. The van der Waals surface area contributed by atoms with Gasteiger partial charge in [0.1, 0.15) is 0 Å². The molecule has 1 heterocycles. The Morgan fingerprint density at radius 2 is 1.88 bits per heavy atom. The number of aryl methyl sites for hydroxylation is 1. The molecule has 1 aliphatic heterocycles. The quantitative estimate of drug-likeness (QED) is 0.755. The number of anilines is 2. The summed E-state index contributed by atoms with van der Waals surface area (Å²) < 4.78 is 0. The van der Waals surface area contributed by atoms with Gasteiger partial charge in [-0.25, -0.2) is 0 Å². The van der Waals surface area contributed by atoms with Gasteiger partial charge in [0.25, 0.3) is 0 Å². The Morgan fingerprint density at radius 1 is 1.21 bits per heavy atom. The van der Waals surface area contributed by atoms with Crippen molar-refractivity contribution >= 4 is 35.6 Å². The van der Waals surface area contributed by atoms with Crippen LogP contribution in [0.15, 0.2) is 18.2 Å². The topological polar surface area (TPSA) is 87.5 Å². The molecule has 1 saturated heterocycles. The molecule has 2 amide bonds. The van der Waals surface area contributed by atoms with Gasteiger partial charge >= 0.3 is 0 Å².